The van der Waals surface area contributed by atoms with Crippen molar-refractivity contribution in [3.05, 3.63) is 30.3 Å². The van der Waals surface area contributed by atoms with E-state index in [1.54, 1.807) is 0 Å². The SMILES string of the molecule is CCCCOc1ccccc1.[Na]. The number of ether oxygens (including phenoxy) is 1. The van der Waals surface area contributed by atoms with Gasteiger partial charge in [-0.3, -0.25) is 0 Å². The van der Waals surface area contributed by atoms with Gasteiger partial charge in [0.1, 0.15) is 5.75 Å². The Bertz CT molecular complexity index is 186. The number of unbranched alkanes of at least 4 members (excludes halogenated alkanes) is 1. The molecule has 0 aliphatic rings. The Kier molecular flexibility index (Phi) is 7.67. The van der Waals surface area contributed by atoms with Crippen molar-refractivity contribution < 1.29 is 4.74 Å². The molecule has 12 heavy (non-hydrogen) atoms. The van der Waals surface area contributed by atoms with Crippen molar-refractivity contribution in [1.29, 1.82) is 0 Å². The van der Waals surface area contributed by atoms with Crippen LogP contribution in [0.2, 0.25) is 0 Å². The zero-order valence-corrected chi connectivity index (χ0v) is 9.92. The fourth-order valence-electron chi connectivity index (χ4n) is 0.851. The largest absolute Gasteiger partial charge is 0.494 e. The van der Waals surface area contributed by atoms with Crippen LogP contribution in [0.3, 0.4) is 0 Å². The molecule has 0 N–H and O–H groups in total. The molecule has 1 aromatic carbocycles. The quantitative estimate of drug-likeness (QED) is 0.502. The van der Waals surface area contributed by atoms with Crippen LogP contribution in [0.15, 0.2) is 30.3 Å². The van der Waals surface area contributed by atoms with E-state index in [9.17, 15) is 0 Å². The van der Waals surface area contributed by atoms with Gasteiger partial charge in [0.2, 0.25) is 0 Å². The number of hydrogen-bond donors (Lipinski definition) is 0. The van der Waals surface area contributed by atoms with E-state index >= 15 is 0 Å². The van der Waals surface area contributed by atoms with Gasteiger partial charge in [-0.05, 0) is 18.6 Å². The molecule has 0 aromatic heterocycles. The fraction of sp³-hybridized carbons (Fsp3) is 0.400. The van der Waals surface area contributed by atoms with Gasteiger partial charge in [-0.2, -0.15) is 0 Å². The second-order valence-corrected chi connectivity index (χ2v) is 2.52. The van der Waals surface area contributed by atoms with Gasteiger partial charge < -0.3 is 4.74 Å². The molecule has 1 aromatic rings. The third-order valence-corrected chi connectivity index (χ3v) is 1.51. The third kappa shape index (κ3) is 4.81. The molecular weight excluding hydrogens is 159 g/mol. The summed E-state index contributed by atoms with van der Waals surface area (Å²) >= 11 is 0. The maximum atomic E-state index is 5.45. The number of para-hydroxylation sites is 1. The Balaban J connectivity index is 0.00000121. The molecule has 2 heteroatoms. The Hall–Kier alpha value is 0.0200. The minimum atomic E-state index is 0. The van der Waals surface area contributed by atoms with Crippen LogP contribution in [0.4, 0.5) is 0 Å². The second-order valence-electron chi connectivity index (χ2n) is 2.52. The molecule has 61 valence electrons. The van der Waals surface area contributed by atoms with Crippen molar-refractivity contribution in [2.24, 2.45) is 0 Å². The molecule has 0 amide bonds. The summed E-state index contributed by atoms with van der Waals surface area (Å²) in [6.45, 7) is 2.99. The van der Waals surface area contributed by atoms with Crippen LogP contribution in [0.1, 0.15) is 19.8 Å². The Morgan fingerprint density at radius 1 is 1.17 bits per heavy atom. The van der Waals surface area contributed by atoms with Crippen molar-refractivity contribution >= 4 is 29.6 Å². The average Bonchev–Trinajstić information content (AvgIpc) is 2.07. The van der Waals surface area contributed by atoms with Crippen LogP contribution in [0.25, 0.3) is 0 Å². The first kappa shape index (κ1) is 12.0. The predicted molar refractivity (Wildman–Crippen MR) is 52.6 cm³/mol. The van der Waals surface area contributed by atoms with Crippen LogP contribution in [-0.4, -0.2) is 36.2 Å². The predicted octanol–water partition coefficient (Wildman–Crippen LogP) is 2.48. The molecule has 1 radical (unpaired) electrons. The molecule has 1 rings (SSSR count). The van der Waals surface area contributed by atoms with Crippen LogP contribution >= 0.6 is 0 Å². The molecule has 0 aliphatic carbocycles. The number of rotatable bonds is 4. The molecule has 0 saturated heterocycles. The summed E-state index contributed by atoms with van der Waals surface area (Å²) in [5.41, 5.74) is 0. The first-order valence-electron chi connectivity index (χ1n) is 4.11. The zero-order chi connectivity index (χ0) is 7.94. The van der Waals surface area contributed by atoms with Gasteiger partial charge in [-0.15, -0.1) is 0 Å². The van der Waals surface area contributed by atoms with Crippen molar-refractivity contribution in [3.63, 3.8) is 0 Å². The van der Waals surface area contributed by atoms with Crippen LogP contribution in [-0.2, 0) is 0 Å². The van der Waals surface area contributed by atoms with Crippen molar-refractivity contribution in [2.45, 2.75) is 19.8 Å². The Morgan fingerprint density at radius 2 is 1.83 bits per heavy atom. The first-order chi connectivity index (χ1) is 5.43. The topological polar surface area (TPSA) is 9.23 Å². The van der Waals surface area contributed by atoms with E-state index < -0.39 is 0 Å². The Morgan fingerprint density at radius 3 is 2.42 bits per heavy atom. The summed E-state index contributed by atoms with van der Waals surface area (Å²) in [5, 5.41) is 0. The van der Waals surface area contributed by atoms with Crippen LogP contribution in [0.5, 0.6) is 5.75 Å². The van der Waals surface area contributed by atoms with E-state index in [1.807, 2.05) is 30.3 Å². The van der Waals surface area contributed by atoms with E-state index in [-0.39, 0.29) is 29.6 Å². The molecule has 0 unspecified atom stereocenters. The van der Waals surface area contributed by atoms with Gasteiger partial charge in [-0.1, -0.05) is 31.5 Å². The first-order valence-corrected chi connectivity index (χ1v) is 4.11. The minimum absolute atomic E-state index is 0. The van der Waals surface area contributed by atoms with Crippen molar-refractivity contribution in [3.8, 4) is 5.75 Å². The summed E-state index contributed by atoms with van der Waals surface area (Å²) in [5.74, 6) is 0.973. The standard InChI is InChI=1S/C10H14O.Na/c1-2-3-9-11-10-7-5-4-6-8-10;/h4-8H,2-3,9H2,1H3;. The molecule has 0 heterocycles. The molecule has 0 fully saturated rings. The average molecular weight is 173 g/mol. The summed E-state index contributed by atoms with van der Waals surface area (Å²) in [6, 6.07) is 9.93. The van der Waals surface area contributed by atoms with Crippen LogP contribution in [0, 0.1) is 0 Å². The van der Waals surface area contributed by atoms with Gasteiger partial charge in [-0.25, -0.2) is 0 Å². The maximum absolute atomic E-state index is 5.45. The van der Waals surface area contributed by atoms with Crippen molar-refractivity contribution in [2.75, 3.05) is 6.61 Å². The summed E-state index contributed by atoms with van der Waals surface area (Å²) < 4.78 is 5.45. The molecule has 1 nitrogen and oxygen atoms in total. The van der Waals surface area contributed by atoms with Crippen molar-refractivity contribution in [1.82, 2.24) is 0 Å². The summed E-state index contributed by atoms with van der Waals surface area (Å²) in [7, 11) is 0. The van der Waals surface area contributed by atoms with Gasteiger partial charge >= 0.3 is 0 Å². The second kappa shape index (κ2) is 7.66. The Labute approximate surface area is 96.4 Å². The third-order valence-electron chi connectivity index (χ3n) is 1.51. The van der Waals surface area contributed by atoms with E-state index in [2.05, 4.69) is 6.92 Å². The van der Waals surface area contributed by atoms with Gasteiger partial charge in [0.25, 0.3) is 0 Å². The van der Waals surface area contributed by atoms with Gasteiger partial charge in [0, 0.05) is 29.6 Å². The normalized spacial score (nSPS) is 8.75. The van der Waals surface area contributed by atoms with E-state index in [0.29, 0.717) is 0 Å². The minimum Gasteiger partial charge on any atom is -0.494 e. The molecular formula is C10H14NaO. The van der Waals surface area contributed by atoms with E-state index in [4.69, 9.17) is 4.74 Å². The number of benzene rings is 1. The maximum Gasteiger partial charge on any atom is 0.119 e. The molecule has 0 spiro atoms. The summed E-state index contributed by atoms with van der Waals surface area (Å²) in [6.07, 6.45) is 2.32. The zero-order valence-electron chi connectivity index (χ0n) is 7.92. The molecule has 0 atom stereocenters. The van der Waals surface area contributed by atoms with Crippen LogP contribution < -0.4 is 4.74 Å². The van der Waals surface area contributed by atoms with E-state index in [1.165, 1.54) is 6.42 Å². The smallest absolute Gasteiger partial charge is 0.119 e. The fourth-order valence-corrected chi connectivity index (χ4v) is 0.851. The molecule has 0 bridgehead atoms. The molecule has 0 saturated carbocycles. The summed E-state index contributed by atoms with van der Waals surface area (Å²) in [4.78, 5) is 0. The molecule has 0 aliphatic heterocycles. The van der Waals surface area contributed by atoms with Gasteiger partial charge in [0.05, 0.1) is 6.61 Å². The number of hydrogen-bond acceptors (Lipinski definition) is 1. The van der Waals surface area contributed by atoms with E-state index in [0.717, 1.165) is 18.8 Å². The monoisotopic (exact) mass is 173 g/mol. The van der Waals surface area contributed by atoms with Gasteiger partial charge in [0.15, 0.2) is 0 Å².